The smallest absolute Gasteiger partial charge is 0.405 e. The molecule has 30 heavy (non-hydrogen) atoms. The Labute approximate surface area is 192 Å². The molecule has 2 fully saturated rings. The number of alkyl halides is 3. The summed E-state index contributed by atoms with van der Waals surface area (Å²) >= 11 is 0. The number of nitrogens with zero attached hydrogens (tertiary/aromatic N) is 1. The minimum absolute atomic E-state index is 0. The topological polar surface area (TPSA) is 64.1 Å². The molecule has 1 aromatic rings. The molecule has 0 amide bonds. The van der Waals surface area contributed by atoms with Gasteiger partial charge in [0.25, 0.3) is 0 Å². The lowest BCUT2D eigenvalue weighted by atomic mass is 10.1. The number of rotatable bonds is 9. The Hall–Kier alpha value is -1.27. The van der Waals surface area contributed by atoms with Gasteiger partial charge in [-0.05, 0) is 30.9 Å². The molecule has 0 aromatic heterocycles. The number of hydrogen-bond acceptors (Lipinski definition) is 4. The third-order valence-corrected chi connectivity index (χ3v) is 5.02. The van der Waals surface area contributed by atoms with Gasteiger partial charge < -0.3 is 24.8 Å². The highest BCUT2D eigenvalue weighted by molar-refractivity contribution is 14.0. The van der Waals surface area contributed by atoms with Crippen LogP contribution < -0.4 is 15.4 Å². The zero-order valence-electron chi connectivity index (χ0n) is 16.9. The van der Waals surface area contributed by atoms with Gasteiger partial charge in [0.2, 0.25) is 0 Å². The number of nitrogens with one attached hydrogen (secondary N) is 2. The van der Waals surface area contributed by atoms with Crippen LogP contribution in [0.2, 0.25) is 0 Å². The fourth-order valence-electron chi connectivity index (χ4n) is 3.42. The van der Waals surface area contributed by atoms with E-state index < -0.39 is 6.36 Å². The van der Waals surface area contributed by atoms with Crippen molar-refractivity contribution in [2.45, 2.75) is 37.6 Å². The molecule has 170 valence electrons. The molecule has 1 aliphatic carbocycles. The van der Waals surface area contributed by atoms with E-state index in [1.165, 1.54) is 12.1 Å². The van der Waals surface area contributed by atoms with Gasteiger partial charge in [0.05, 0.1) is 13.2 Å². The van der Waals surface area contributed by atoms with Crippen LogP contribution in [0.25, 0.3) is 0 Å². The Balaban J connectivity index is 0.00000320. The first-order chi connectivity index (χ1) is 14.0. The zero-order valence-corrected chi connectivity index (χ0v) is 19.2. The van der Waals surface area contributed by atoms with Crippen LogP contribution in [0.4, 0.5) is 13.2 Å². The van der Waals surface area contributed by atoms with E-state index in [1.54, 1.807) is 19.2 Å². The van der Waals surface area contributed by atoms with Crippen LogP contribution in [0.3, 0.4) is 0 Å². The Morgan fingerprint density at radius 2 is 2.10 bits per heavy atom. The summed E-state index contributed by atoms with van der Waals surface area (Å²) in [6, 6.07) is 6.31. The highest BCUT2D eigenvalue weighted by Gasteiger charge is 2.42. The third kappa shape index (κ3) is 8.10. The summed E-state index contributed by atoms with van der Waals surface area (Å²) in [4.78, 5) is 4.18. The molecule has 1 saturated carbocycles. The van der Waals surface area contributed by atoms with Crippen molar-refractivity contribution in [3.63, 3.8) is 0 Å². The molecule has 0 radical (unpaired) electrons. The highest BCUT2D eigenvalue weighted by atomic mass is 127. The second kappa shape index (κ2) is 11.9. The van der Waals surface area contributed by atoms with Crippen LogP contribution in [0, 0.1) is 5.92 Å². The van der Waals surface area contributed by atoms with Gasteiger partial charge in [0.1, 0.15) is 5.75 Å². The van der Waals surface area contributed by atoms with Gasteiger partial charge in [-0.2, -0.15) is 0 Å². The monoisotopic (exact) mass is 543 g/mol. The quantitative estimate of drug-likeness (QED) is 0.216. The van der Waals surface area contributed by atoms with Crippen molar-refractivity contribution in [3.05, 3.63) is 29.8 Å². The molecule has 3 atom stereocenters. The summed E-state index contributed by atoms with van der Waals surface area (Å²) in [6.45, 7) is 3.71. The van der Waals surface area contributed by atoms with Gasteiger partial charge in [-0.1, -0.05) is 18.2 Å². The number of halogens is 4. The van der Waals surface area contributed by atoms with Crippen LogP contribution in [-0.4, -0.2) is 58.4 Å². The first kappa shape index (κ1) is 25.0. The van der Waals surface area contributed by atoms with E-state index in [-0.39, 0.29) is 41.7 Å². The van der Waals surface area contributed by atoms with Gasteiger partial charge in [-0.15, -0.1) is 37.1 Å². The molecule has 1 saturated heterocycles. The normalized spacial score (nSPS) is 23.6. The van der Waals surface area contributed by atoms with E-state index in [2.05, 4.69) is 20.4 Å². The first-order valence-corrected chi connectivity index (χ1v) is 9.93. The number of ether oxygens (including phenoxy) is 3. The van der Waals surface area contributed by atoms with E-state index in [1.807, 2.05) is 0 Å². The molecule has 2 aliphatic rings. The number of guanidine groups is 1. The third-order valence-electron chi connectivity index (χ3n) is 5.02. The molecule has 1 aromatic carbocycles. The minimum Gasteiger partial charge on any atom is -0.405 e. The van der Waals surface area contributed by atoms with Crippen LogP contribution in [0.1, 0.15) is 30.7 Å². The van der Waals surface area contributed by atoms with E-state index in [0.717, 1.165) is 39.1 Å². The summed E-state index contributed by atoms with van der Waals surface area (Å²) in [5.41, 5.74) is 0.557. The average molecular weight is 543 g/mol. The maximum atomic E-state index is 12.6. The van der Waals surface area contributed by atoms with Gasteiger partial charge in [0, 0.05) is 44.7 Å². The van der Waals surface area contributed by atoms with Crippen molar-refractivity contribution in [3.8, 4) is 5.75 Å². The number of benzene rings is 1. The van der Waals surface area contributed by atoms with Crippen LogP contribution in [0.15, 0.2) is 29.3 Å². The number of hydrogen-bond donors (Lipinski definition) is 2. The maximum absolute atomic E-state index is 12.6. The van der Waals surface area contributed by atoms with Crippen molar-refractivity contribution in [1.29, 1.82) is 0 Å². The Morgan fingerprint density at radius 1 is 1.30 bits per heavy atom. The molecular formula is C20H29F3IN3O3. The Morgan fingerprint density at radius 3 is 2.80 bits per heavy atom. The predicted molar refractivity (Wildman–Crippen MR) is 119 cm³/mol. The molecule has 1 aliphatic heterocycles. The zero-order chi connectivity index (χ0) is 20.7. The first-order valence-electron chi connectivity index (χ1n) is 9.93. The van der Waals surface area contributed by atoms with Crippen LogP contribution in [0.5, 0.6) is 5.75 Å². The molecular weight excluding hydrogens is 514 g/mol. The molecule has 3 unspecified atom stereocenters. The molecule has 0 spiro atoms. The summed E-state index contributed by atoms with van der Waals surface area (Å²) in [5, 5.41) is 6.48. The summed E-state index contributed by atoms with van der Waals surface area (Å²) in [6.07, 6.45) is -2.07. The molecule has 3 rings (SSSR count). The Kier molecular flexibility index (Phi) is 9.95. The second-order valence-corrected chi connectivity index (χ2v) is 7.34. The molecule has 6 nitrogen and oxygen atoms in total. The highest BCUT2D eigenvalue weighted by Crippen LogP contribution is 2.45. The van der Waals surface area contributed by atoms with Gasteiger partial charge >= 0.3 is 6.36 Å². The lowest BCUT2D eigenvalue weighted by Gasteiger charge is -2.15. The fraction of sp³-hybridized carbons (Fsp3) is 0.650. The molecule has 1 heterocycles. The van der Waals surface area contributed by atoms with Crippen molar-refractivity contribution in [2.24, 2.45) is 10.9 Å². The summed E-state index contributed by atoms with van der Waals surface area (Å²) < 4.78 is 52.9. The van der Waals surface area contributed by atoms with E-state index in [9.17, 15) is 13.2 Å². The van der Waals surface area contributed by atoms with Gasteiger partial charge in [-0.25, -0.2) is 0 Å². The van der Waals surface area contributed by atoms with Gasteiger partial charge in [0.15, 0.2) is 5.96 Å². The average Bonchev–Trinajstić information content (AvgIpc) is 3.23. The lowest BCUT2D eigenvalue weighted by Crippen LogP contribution is -2.39. The second-order valence-electron chi connectivity index (χ2n) is 7.34. The maximum Gasteiger partial charge on any atom is 0.573 e. The minimum atomic E-state index is -4.70. The predicted octanol–water partition coefficient (Wildman–Crippen LogP) is 3.67. The number of para-hydroxylation sites is 1. The number of aliphatic imine (C=N–C) groups is 1. The summed E-state index contributed by atoms with van der Waals surface area (Å²) in [5.74, 6) is 0.968. The van der Waals surface area contributed by atoms with Crippen molar-refractivity contribution < 1.29 is 27.4 Å². The largest absolute Gasteiger partial charge is 0.573 e. The summed E-state index contributed by atoms with van der Waals surface area (Å²) in [7, 11) is 1.67. The van der Waals surface area contributed by atoms with Crippen LogP contribution in [-0.2, 0) is 9.47 Å². The van der Waals surface area contributed by atoms with Crippen molar-refractivity contribution in [2.75, 3.05) is 40.0 Å². The van der Waals surface area contributed by atoms with Crippen molar-refractivity contribution >= 4 is 29.9 Å². The van der Waals surface area contributed by atoms with E-state index in [4.69, 9.17) is 9.47 Å². The van der Waals surface area contributed by atoms with Crippen molar-refractivity contribution in [1.82, 2.24) is 10.6 Å². The molecule has 0 bridgehead atoms. The van der Waals surface area contributed by atoms with E-state index in [0.29, 0.717) is 30.6 Å². The van der Waals surface area contributed by atoms with Gasteiger partial charge in [-0.3, -0.25) is 4.99 Å². The molecule has 2 N–H and O–H groups in total. The SMILES string of the molecule is CN=C(NCCCOCC1CCOC1)NC1CC1c1ccccc1OC(F)(F)F.I. The van der Waals surface area contributed by atoms with E-state index >= 15 is 0 Å². The fourth-order valence-corrected chi connectivity index (χ4v) is 3.42. The van der Waals surface area contributed by atoms with Crippen LogP contribution >= 0.6 is 24.0 Å². The molecule has 10 heteroatoms. The lowest BCUT2D eigenvalue weighted by molar-refractivity contribution is -0.274. The Bertz CT molecular complexity index is 685. The standard InChI is InChI=1S/C20H28F3N3O3.HI/c1-24-19(25-8-4-9-27-12-14-7-10-28-13-14)26-17-11-16(17)15-5-2-3-6-18(15)29-20(21,22)23;/h2-3,5-6,14,16-17H,4,7-13H2,1H3,(H2,24,25,26);1H.